The van der Waals surface area contributed by atoms with Crippen LogP contribution in [-0.4, -0.2) is 55.3 Å². The molecule has 0 aromatic heterocycles. The summed E-state index contributed by atoms with van der Waals surface area (Å²) >= 11 is 5.89. The van der Waals surface area contributed by atoms with Gasteiger partial charge in [-0.05, 0) is 73.1 Å². The van der Waals surface area contributed by atoms with E-state index in [1.165, 1.54) is 43.0 Å². The molecule has 7 heteroatoms. The van der Waals surface area contributed by atoms with Gasteiger partial charge in [0.25, 0.3) is 13.5 Å². The first-order chi connectivity index (χ1) is 26.7. The maximum Gasteiger partial charge on any atom is 0.266 e. The summed E-state index contributed by atoms with van der Waals surface area (Å²) in [4.78, 5) is 16.5. The number of benzene rings is 6. The Bertz CT molecular complexity index is 2180. The fourth-order valence-electron chi connectivity index (χ4n) is 9.13. The average molecular weight is 764 g/mol. The molecule has 6 aromatic rings. The molecule has 2 fully saturated rings. The predicted octanol–water partition coefficient (Wildman–Crippen LogP) is 9.18. The van der Waals surface area contributed by atoms with E-state index < -0.39 is 13.9 Å². The molecule has 6 aromatic carbocycles. The van der Waals surface area contributed by atoms with Crippen LogP contribution in [0.25, 0.3) is 21.5 Å². The van der Waals surface area contributed by atoms with Crippen molar-refractivity contribution < 1.29 is 18.7 Å². The smallest absolute Gasteiger partial charge is 0.266 e. The lowest BCUT2D eigenvalue weighted by Crippen LogP contribution is -2.67. The Balaban J connectivity index is 1.05. The van der Waals surface area contributed by atoms with Gasteiger partial charge < -0.3 is 13.9 Å². The lowest BCUT2D eigenvalue weighted by molar-refractivity contribution is -0.133. The third-order valence-corrected chi connectivity index (χ3v) is 17.0. The van der Waals surface area contributed by atoms with Crippen molar-refractivity contribution in [2.24, 2.45) is 0 Å². The van der Waals surface area contributed by atoms with E-state index in [4.69, 9.17) is 26.1 Å². The minimum Gasteiger partial charge on any atom is -0.468 e. The molecule has 0 saturated carbocycles. The van der Waals surface area contributed by atoms with Gasteiger partial charge in [-0.3, -0.25) is 9.69 Å². The van der Waals surface area contributed by atoms with Gasteiger partial charge in [0.15, 0.2) is 0 Å². The van der Waals surface area contributed by atoms with Gasteiger partial charge >= 0.3 is 0 Å². The summed E-state index contributed by atoms with van der Waals surface area (Å²) in [7, 11) is -2.72. The zero-order valence-electron chi connectivity index (χ0n) is 31.9. The van der Waals surface area contributed by atoms with E-state index in [1.807, 2.05) is 0 Å². The average Bonchev–Trinajstić information content (AvgIpc) is 3.78. The van der Waals surface area contributed by atoms with Gasteiger partial charge in [-0.25, -0.2) is 0 Å². The summed E-state index contributed by atoms with van der Waals surface area (Å²) in [5.74, 6) is -0.0541. The number of hydrogen-bond acceptors (Lipinski definition) is 5. The number of carbonyl (C=O) groups excluding carboxylic acids is 1. The molecule has 0 spiro atoms. The zero-order chi connectivity index (χ0) is 38.0. The fraction of sp³-hybridized carbons (Fsp3) is 0.292. The van der Waals surface area contributed by atoms with Gasteiger partial charge in [0, 0.05) is 12.8 Å². The number of nitrogens with zero attached hydrogens (tertiary/aromatic N) is 1. The van der Waals surface area contributed by atoms with Crippen molar-refractivity contribution in [3.63, 3.8) is 0 Å². The highest BCUT2D eigenvalue weighted by Gasteiger charge is 2.52. The standard InChI is InChI=1S/C48H49NO4SSi/c1-47(2,3)55(41-22-6-4-7-23-41,42-24-8-5-9-25-42)52-33-40-29-28-39(53-40)30-45(50)49-46(54)51-34-48(49,31-37-20-14-18-35-16-10-12-26-43(35)37)32-38-21-15-19-36-17-11-13-27-44(36)38/h4-27,39-40H,28-34H2,1-3H3/t39-,40-/m0/s1. The number of amides is 1. The van der Waals surface area contributed by atoms with Crippen molar-refractivity contribution >= 4 is 63.5 Å². The normalized spacial score (nSPS) is 18.5. The molecule has 0 unspecified atom stereocenters. The zero-order valence-corrected chi connectivity index (χ0v) is 33.8. The third kappa shape index (κ3) is 7.27. The summed E-state index contributed by atoms with van der Waals surface area (Å²) in [5.41, 5.74) is 1.62. The molecule has 2 saturated heterocycles. The highest BCUT2D eigenvalue weighted by atomic mass is 32.1. The van der Waals surface area contributed by atoms with Crippen molar-refractivity contribution in [2.45, 2.75) is 75.7 Å². The molecule has 0 N–H and O–H groups in total. The molecular formula is C48H49NO4SSi. The topological polar surface area (TPSA) is 48.0 Å². The fourth-order valence-corrected chi connectivity index (χ4v) is 14.1. The second kappa shape index (κ2) is 15.5. The van der Waals surface area contributed by atoms with E-state index in [1.54, 1.807) is 4.90 Å². The number of thiocarbonyl (C=S) groups is 1. The summed E-state index contributed by atoms with van der Waals surface area (Å²) in [6.45, 7) is 7.67. The van der Waals surface area contributed by atoms with Crippen LogP contribution < -0.4 is 10.4 Å². The van der Waals surface area contributed by atoms with Gasteiger partial charge in [0.05, 0.1) is 30.8 Å². The van der Waals surface area contributed by atoms with Crippen LogP contribution in [0, 0.1) is 0 Å². The van der Waals surface area contributed by atoms with Crippen molar-refractivity contribution in [3.8, 4) is 0 Å². The van der Waals surface area contributed by atoms with Crippen LogP contribution in [0.15, 0.2) is 146 Å². The molecule has 0 bridgehead atoms. The van der Waals surface area contributed by atoms with Gasteiger partial charge in [-0.2, -0.15) is 0 Å². The van der Waals surface area contributed by atoms with Gasteiger partial charge in [0.1, 0.15) is 6.61 Å². The molecule has 1 amide bonds. The molecule has 2 aliphatic heterocycles. The third-order valence-electron chi connectivity index (χ3n) is 11.7. The van der Waals surface area contributed by atoms with Crippen LogP contribution >= 0.6 is 12.2 Å². The lowest BCUT2D eigenvalue weighted by atomic mass is 9.81. The van der Waals surface area contributed by atoms with Crippen LogP contribution in [0.4, 0.5) is 0 Å². The second-order valence-electron chi connectivity index (χ2n) is 16.3. The Hall–Kier alpha value is -4.66. The first kappa shape index (κ1) is 37.3. The Morgan fingerprint density at radius 2 is 1.20 bits per heavy atom. The maximum absolute atomic E-state index is 14.7. The van der Waals surface area contributed by atoms with Gasteiger partial charge in [-0.1, -0.05) is 166 Å². The number of rotatable bonds is 11. The van der Waals surface area contributed by atoms with E-state index in [2.05, 4.69) is 166 Å². The van der Waals surface area contributed by atoms with E-state index in [0.29, 0.717) is 26.1 Å². The second-order valence-corrected chi connectivity index (χ2v) is 20.9. The molecule has 2 aliphatic rings. The van der Waals surface area contributed by atoms with Crippen LogP contribution in [0.2, 0.25) is 5.04 Å². The van der Waals surface area contributed by atoms with Crippen LogP contribution in [0.1, 0.15) is 51.2 Å². The molecule has 280 valence electrons. The molecular weight excluding hydrogens is 715 g/mol. The molecule has 2 atom stereocenters. The van der Waals surface area contributed by atoms with E-state index in [-0.39, 0.29) is 34.7 Å². The molecule has 8 rings (SSSR count). The van der Waals surface area contributed by atoms with Crippen molar-refractivity contribution in [1.29, 1.82) is 0 Å². The Morgan fingerprint density at radius 3 is 1.75 bits per heavy atom. The van der Waals surface area contributed by atoms with Crippen molar-refractivity contribution in [3.05, 3.63) is 157 Å². The summed E-state index contributed by atoms with van der Waals surface area (Å²) in [6, 6.07) is 51.1. The summed E-state index contributed by atoms with van der Waals surface area (Å²) < 4.78 is 20.2. The molecule has 55 heavy (non-hydrogen) atoms. The van der Waals surface area contributed by atoms with Crippen LogP contribution in [0.3, 0.4) is 0 Å². The summed E-state index contributed by atoms with van der Waals surface area (Å²) in [5, 5.41) is 7.30. The van der Waals surface area contributed by atoms with Crippen molar-refractivity contribution in [1.82, 2.24) is 4.90 Å². The van der Waals surface area contributed by atoms with Gasteiger partial charge in [0.2, 0.25) is 5.91 Å². The molecule has 0 radical (unpaired) electrons. The lowest BCUT2D eigenvalue weighted by Gasteiger charge is -2.43. The number of carbonyl (C=O) groups is 1. The first-order valence-electron chi connectivity index (χ1n) is 19.5. The largest absolute Gasteiger partial charge is 0.468 e. The maximum atomic E-state index is 14.7. The number of fused-ring (bicyclic) bond motifs is 2. The van der Waals surface area contributed by atoms with Gasteiger partial charge in [-0.15, -0.1) is 0 Å². The van der Waals surface area contributed by atoms with E-state index in [0.717, 1.165) is 12.8 Å². The highest BCUT2D eigenvalue weighted by molar-refractivity contribution is 7.80. The SMILES string of the molecule is CC(C)(C)[Si](OC[C@@H]1CC[C@@H](CC(=O)N2C(=S)OCC2(Cc2cccc3ccccc23)Cc2cccc3ccccc23)O1)(c1ccccc1)c1ccccc1. The Labute approximate surface area is 331 Å². The summed E-state index contributed by atoms with van der Waals surface area (Å²) in [6.07, 6.45) is 2.68. The Kier molecular flexibility index (Phi) is 10.5. The van der Waals surface area contributed by atoms with Crippen LogP contribution in [0.5, 0.6) is 0 Å². The quantitative estimate of drug-likeness (QED) is 0.0974. The monoisotopic (exact) mass is 763 g/mol. The highest BCUT2D eigenvalue weighted by Crippen LogP contribution is 2.39. The molecule has 2 heterocycles. The number of hydrogen-bond donors (Lipinski definition) is 0. The number of ether oxygens (including phenoxy) is 2. The molecule has 0 aliphatic carbocycles. The predicted molar refractivity (Wildman–Crippen MR) is 230 cm³/mol. The first-order valence-corrected chi connectivity index (χ1v) is 21.8. The van der Waals surface area contributed by atoms with Crippen molar-refractivity contribution in [2.75, 3.05) is 13.2 Å². The van der Waals surface area contributed by atoms with E-state index in [9.17, 15) is 4.79 Å². The minimum atomic E-state index is -2.72. The molecule has 5 nitrogen and oxygen atoms in total. The van der Waals surface area contributed by atoms with Crippen LogP contribution in [-0.2, 0) is 31.5 Å². The minimum absolute atomic E-state index is 0.0541. The van der Waals surface area contributed by atoms with E-state index >= 15 is 0 Å². The Morgan fingerprint density at radius 1 is 0.709 bits per heavy atom.